The van der Waals surface area contributed by atoms with Crippen LogP contribution in [0.5, 0.6) is 0 Å². The molecule has 0 saturated carbocycles. The topological polar surface area (TPSA) is 40.5 Å². The lowest BCUT2D eigenvalue weighted by atomic mass is 10.0. The van der Waals surface area contributed by atoms with E-state index in [1.807, 2.05) is 37.1 Å². The van der Waals surface area contributed by atoms with Gasteiger partial charge in [-0.15, -0.1) is 0 Å². The Labute approximate surface area is 119 Å². The first-order chi connectivity index (χ1) is 9.58. The van der Waals surface area contributed by atoms with Crippen molar-refractivity contribution < 1.29 is 9.90 Å². The summed E-state index contributed by atoms with van der Waals surface area (Å²) in [6.07, 6.45) is 0. The minimum absolute atomic E-state index is 0.0433. The molecule has 0 heterocycles. The number of aliphatic carboxylic acids is 1. The minimum Gasteiger partial charge on any atom is -0.480 e. The summed E-state index contributed by atoms with van der Waals surface area (Å²) in [6.45, 7) is 2.06. The zero-order chi connectivity index (χ0) is 14.5. The van der Waals surface area contributed by atoms with E-state index >= 15 is 0 Å². The summed E-state index contributed by atoms with van der Waals surface area (Å²) in [5, 5.41) is 8.83. The van der Waals surface area contributed by atoms with Gasteiger partial charge in [0.15, 0.2) is 0 Å². The number of hydrogen-bond donors (Lipinski definition) is 1. The fourth-order valence-electron chi connectivity index (χ4n) is 2.19. The van der Waals surface area contributed by atoms with Crippen LogP contribution in [0.1, 0.15) is 18.5 Å². The standard InChI is InChI=1S/C17H19NO2/c1-13(18(2)12-17(19)20)14-8-10-16(11-9-14)15-6-4-3-5-7-15/h3-11,13H,12H2,1-2H3,(H,19,20)/t13-/m0/s1. The third-order valence-electron chi connectivity index (χ3n) is 3.55. The van der Waals surface area contributed by atoms with E-state index in [4.69, 9.17) is 5.11 Å². The van der Waals surface area contributed by atoms with E-state index in [-0.39, 0.29) is 12.6 Å². The van der Waals surface area contributed by atoms with Crippen LogP contribution in [0, 0.1) is 0 Å². The average molecular weight is 269 g/mol. The Morgan fingerprint density at radius 2 is 1.60 bits per heavy atom. The van der Waals surface area contributed by atoms with Crippen molar-refractivity contribution in [1.29, 1.82) is 0 Å². The number of benzene rings is 2. The Kier molecular flexibility index (Phi) is 4.53. The van der Waals surface area contributed by atoms with Gasteiger partial charge in [-0.1, -0.05) is 54.6 Å². The first-order valence-electron chi connectivity index (χ1n) is 6.65. The summed E-state index contributed by atoms with van der Waals surface area (Å²) in [5.41, 5.74) is 3.47. The molecule has 0 saturated heterocycles. The highest BCUT2D eigenvalue weighted by Gasteiger charge is 2.14. The molecular formula is C17H19NO2. The molecule has 2 aromatic carbocycles. The van der Waals surface area contributed by atoms with Crippen molar-refractivity contribution in [2.45, 2.75) is 13.0 Å². The number of carboxylic acid groups (broad SMARTS) is 1. The maximum absolute atomic E-state index is 10.7. The molecule has 0 bridgehead atoms. The molecule has 0 aliphatic carbocycles. The predicted octanol–water partition coefficient (Wildman–Crippen LogP) is 3.43. The smallest absolute Gasteiger partial charge is 0.317 e. The van der Waals surface area contributed by atoms with Crippen LogP contribution < -0.4 is 0 Å². The molecule has 2 rings (SSSR count). The van der Waals surface area contributed by atoms with E-state index in [1.54, 1.807) is 0 Å². The normalized spacial score (nSPS) is 12.3. The van der Waals surface area contributed by atoms with Gasteiger partial charge in [-0.2, -0.15) is 0 Å². The number of carbonyl (C=O) groups is 1. The summed E-state index contributed by atoms with van der Waals surface area (Å²) >= 11 is 0. The molecule has 3 heteroatoms. The molecule has 0 fully saturated rings. The van der Waals surface area contributed by atoms with E-state index in [0.717, 1.165) is 5.56 Å². The first kappa shape index (κ1) is 14.3. The lowest BCUT2D eigenvalue weighted by Crippen LogP contribution is -2.28. The Bertz CT molecular complexity index is 563. The zero-order valence-electron chi connectivity index (χ0n) is 11.8. The van der Waals surface area contributed by atoms with Crippen molar-refractivity contribution in [3.63, 3.8) is 0 Å². The maximum atomic E-state index is 10.7. The maximum Gasteiger partial charge on any atom is 0.317 e. The summed E-state index contributed by atoms with van der Waals surface area (Å²) in [5.74, 6) is -0.805. The second kappa shape index (κ2) is 6.35. The van der Waals surface area contributed by atoms with Crippen molar-refractivity contribution in [3.8, 4) is 11.1 Å². The van der Waals surface area contributed by atoms with Crippen molar-refractivity contribution in [2.24, 2.45) is 0 Å². The van der Waals surface area contributed by atoms with Gasteiger partial charge < -0.3 is 5.11 Å². The molecule has 3 nitrogen and oxygen atoms in total. The number of rotatable bonds is 5. The summed E-state index contributed by atoms with van der Waals surface area (Å²) < 4.78 is 0. The average Bonchev–Trinajstić information content (AvgIpc) is 2.47. The largest absolute Gasteiger partial charge is 0.480 e. The fourth-order valence-corrected chi connectivity index (χ4v) is 2.19. The molecule has 0 unspecified atom stereocenters. The van der Waals surface area contributed by atoms with Gasteiger partial charge in [-0.3, -0.25) is 9.69 Å². The zero-order valence-corrected chi connectivity index (χ0v) is 11.8. The van der Waals surface area contributed by atoms with Crippen LogP contribution in [0.4, 0.5) is 0 Å². The molecule has 0 spiro atoms. The van der Waals surface area contributed by atoms with Crippen LogP contribution in [0.2, 0.25) is 0 Å². The van der Waals surface area contributed by atoms with Gasteiger partial charge in [0.05, 0.1) is 6.54 Å². The van der Waals surface area contributed by atoms with Crippen molar-refractivity contribution in [3.05, 3.63) is 60.2 Å². The van der Waals surface area contributed by atoms with E-state index in [0.29, 0.717) is 0 Å². The van der Waals surface area contributed by atoms with Gasteiger partial charge in [0.25, 0.3) is 0 Å². The van der Waals surface area contributed by atoms with Crippen LogP contribution in [-0.2, 0) is 4.79 Å². The van der Waals surface area contributed by atoms with Gasteiger partial charge in [0, 0.05) is 6.04 Å². The summed E-state index contributed by atoms with van der Waals surface area (Å²) in [6, 6.07) is 18.6. The highest BCUT2D eigenvalue weighted by molar-refractivity contribution is 5.69. The van der Waals surface area contributed by atoms with E-state index < -0.39 is 5.97 Å². The van der Waals surface area contributed by atoms with E-state index in [2.05, 4.69) is 36.4 Å². The van der Waals surface area contributed by atoms with Crippen LogP contribution in [0.3, 0.4) is 0 Å². The van der Waals surface area contributed by atoms with Gasteiger partial charge >= 0.3 is 5.97 Å². The molecule has 0 amide bonds. The lowest BCUT2D eigenvalue weighted by Gasteiger charge is -2.23. The van der Waals surface area contributed by atoms with Crippen LogP contribution >= 0.6 is 0 Å². The molecule has 0 aliphatic rings. The molecule has 0 aliphatic heterocycles. The van der Waals surface area contributed by atoms with Gasteiger partial charge in [0.1, 0.15) is 0 Å². The van der Waals surface area contributed by atoms with Crippen LogP contribution in [0.25, 0.3) is 11.1 Å². The highest BCUT2D eigenvalue weighted by atomic mass is 16.4. The number of nitrogens with zero attached hydrogens (tertiary/aromatic N) is 1. The van der Waals surface area contributed by atoms with Crippen LogP contribution in [0.15, 0.2) is 54.6 Å². The molecule has 2 aromatic rings. The minimum atomic E-state index is -0.805. The lowest BCUT2D eigenvalue weighted by molar-refractivity contribution is -0.138. The Balaban J connectivity index is 2.14. The van der Waals surface area contributed by atoms with Gasteiger partial charge in [0.2, 0.25) is 0 Å². The highest BCUT2D eigenvalue weighted by Crippen LogP contribution is 2.23. The second-order valence-corrected chi connectivity index (χ2v) is 4.97. The Morgan fingerprint density at radius 3 is 2.15 bits per heavy atom. The fraction of sp³-hybridized carbons (Fsp3) is 0.235. The molecule has 0 aromatic heterocycles. The molecule has 104 valence electrons. The van der Waals surface area contributed by atoms with Crippen molar-refractivity contribution in [1.82, 2.24) is 4.90 Å². The summed E-state index contributed by atoms with van der Waals surface area (Å²) in [4.78, 5) is 12.6. The molecule has 0 radical (unpaired) electrons. The van der Waals surface area contributed by atoms with Crippen molar-refractivity contribution in [2.75, 3.05) is 13.6 Å². The third kappa shape index (κ3) is 3.45. The van der Waals surface area contributed by atoms with Crippen molar-refractivity contribution >= 4 is 5.97 Å². The number of likely N-dealkylation sites (N-methyl/N-ethyl adjacent to an activating group) is 1. The third-order valence-corrected chi connectivity index (χ3v) is 3.55. The quantitative estimate of drug-likeness (QED) is 0.904. The van der Waals surface area contributed by atoms with E-state index in [9.17, 15) is 4.79 Å². The molecule has 1 atom stereocenters. The van der Waals surface area contributed by atoms with Crippen LogP contribution in [-0.4, -0.2) is 29.6 Å². The number of hydrogen-bond acceptors (Lipinski definition) is 2. The molecule has 1 N–H and O–H groups in total. The van der Waals surface area contributed by atoms with Gasteiger partial charge in [-0.05, 0) is 30.7 Å². The SMILES string of the molecule is C[C@@H](c1ccc(-c2ccccc2)cc1)N(C)CC(=O)O. The summed E-state index contributed by atoms with van der Waals surface area (Å²) in [7, 11) is 1.82. The molecular weight excluding hydrogens is 250 g/mol. The van der Waals surface area contributed by atoms with E-state index in [1.165, 1.54) is 11.1 Å². The molecule has 20 heavy (non-hydrogen) atoms. The predicted molar refractivity (Wildman–Crippen MR) is 80.6 cm³/mol. The monoisotopic (exact) mass is 269 g/mol. The Morgan fingerprint density at radius 1 is 1.05 bits per heavy atom. The first-order valence-corrected chi connectivity index (χ1v) is 6.65. The second-order valence-electron chi connectivity index (χ2n) is 4.97. The van der Waals surface area contributed by atoms with Gasteiger partial charge in [-0.25, -0.2) is 0 Å². The Hall–Kier alpha value is -2.13. The number of carboxylic acids is 1.